The van der Waals surface area contributed by atoms with Crippen LogP contribution in [0.3, 0.4) is 0 Å². The molecule has 0 amide bonds. The van der Waals surface area contributed by atoms with Crippen LogP contribution in [0.25, 0.3) is 0 Å². The largest absolute Gasteiger partial charge is 0.330 e. The molecular formula is C12H20N2S. The number of nitrogens with two attached hydrogens (primary N) is 1. The predicted molar refractivity (Wildman–Crippen MR) is 65.6 cm³/mol. The zero-order valence-electron chi connectivity index (χ0n) is 9.62. The summed E-state index contributed by atoms with van der Waals surface area (Å²) in [5.74, 6) is 1.27. The SMILES string of the molecule is CC(C)c1nc2c(s1)C(CCN)CCC2. The van der Waals surface area contributed by atoms with Crippen LogP contribution in [0.15, 0.2) is 0 Å². The number of aromatic nitrogens is 1. The molecule has 3 heteroatoms. The molecule has 0 saturated carbocycles. The van der Waals surface area contributed by atoms with Crippen molar-refractivity contribution in [1.82, 2.24) is 4.98 Å². The van der Waals surface area contributed by atoms with Crippen LogP contribution in [0, 0.1) is 0 Å². The summed E-state index contributed by atoms with van der Waals surface area (Å²) in [4.78, 5) is 6.30. The number of aryl methyl sites for hydroxylation is 1. The van der Waals surface area contributed by atoms with Gasteiger partial charge in [-0.3, -0.25) is 0 Å². The van der Waals surface area contributed by atoms with Crippen molar-refractivity contribution in [1.29, 1.82) is 0 Å². The lowest BCUT2D eigenvalue weighted by atomic mass is 9.89. The maximum Gasteiger partial charge on any atom is 0.0956 e. The van der Waals surface area contributed by atoms with E-state index in [-0.39, 0.29) is 0 Å². The first-order chi connectivity index (χ1) is 7.22. The lowest BCUT2D eigenvalue weighted by molar-refractivity contribution is 0.529. The fourth-order valence-corrected chi connectivity index (χ4v) is 3.54. The summed E-state index contributed by atoms with van der Waals surface area (Å²) < 4.78 is 0. The minimum absolute atomic E-state index is 0.569. The van der Waals surface area contributed by atoms with Crippen LogP contribution in [-0.2, 0) is 6.42 Å². The second-order valence-electron chi connectivity index (χ2n) is 4.68. The van der Waals surface area contributed by atoms with Crippen molar-refractivity contribution < 1.29 is 0 Å². The molecular weight excluding hydrogens is 204 g/mol. The maximum absolute atomic E-state index is 5.67. The lowest BCUT2D eigenvalue weighted by Crippen LogP contribution is -2.12. The minimum atomic E-state index is 0.569. The lowest BCUT2D eigenvalue weighted by Gasteiger charge is -2.20. The first-order valence-electron chi connectivity index (χ1n) is 5.92. The average Bonchev–Trinajstić information content (AvgIpc) is 2.63. The smallest absolute Gasteiger partial charge is 0.0956 e. The highest BCUT2D eigenvalue weighted by Crippen LogP contribution is 2.39. The molecule has 1 aliphatic carbocycles. The molecule has 0 bridgehead atoms. The molecule has 2 nitrogen and oxygen atoms in total. The van der Waals surface area contributed by atoms with Gasteiger partial charge in [-0.15, -0.1) is 11.3 Å². The Morgan fingerprint density at radius 2 is 2.33 bits per heavy atom. The van der Waals surface area contributed by atoms with E-state index in [9.17, 15) is 0 Å². The fraction of sp³-hybridized carbons (Fsp3) is 0.750. The molecule has 84 valence electrons. The van der Waals surface area contributed by atoms with Gasteiger partial charge in [-0.25, -0.2) is 4.98 Å². The summed E-state index contributed by atoms with van der Waals surface area (Å²) in [6.07, 6.45) is 4.91. The molecule has 1 aromatic rings. The van der Waals surface area contributed by atoms with Gasteiger partial charge in [-0.2, -0.15) is 0 Å². The van der Waals surface area contributed by atoms with Gasteiger partial charge >= 0.3 is 0 Å². The van der Waals surface area contributed by atoms with E-state index in [1.165, 1.54) is 34.8 Å². The summed E-state index contributed by atoms with van der Waals surface area (Å²) >= 11 is 1.92. The van der Waals surface area contributed by atoms with Crippen molar-refractivity contribution >= 4 is 11.3 Å². The third kappa shape index (κ3) is 2.23. The van der Waals surface area contributed by atoms with Gasteiger partial charge in [0.1, 0.15) is 0 Å². The molecule has 0 spiro atoms. The van der Waals surface area contributed by atoms with E-state index in [2.05, 4.69) is 13.8 Å². The first-order valence-corrected chi connectivity index (χ1v) is 6.73. The second-order valence-corrected chi connectivity index (χ2v) is 5.75. The normalized spacial score (nSPS) is 20.7. The van der Waals surface area contributed by atoms with Crippen molar-refractivity contribution in [2.45, 2.75) is 51.4 Å². The number of thiazole rings is 1. The van der Waals surface area contributed by atoms with E-state index < -0.39 is 0 Å². The highest BCUT2D eigenvalue weighted by atomic mass is 32.1. The van der Waals surface area contributed by atoms with Gasteiger partial charge in [0.05, 0.1) is 10.7 Å². The van der Waals surface area contributed by atoms with Gasteiger partial charge in [0.25, 0.3) is 0 Å². The van der Waals surface area contributed by atoms with E-state index in [0.29, 0.717) is 11.8 Å². The topological polar surface area (TPSA) is 38.9 Å². The highest BCUT2D eigenvalue weighted by molar-refractivity contribution is 7.12. The van der Waals surface area contributed by atoms with Gasteiger partial charge in [-0.1, -0.05) is 13.8 Å². The molecule has 0 fully saturated rings. The third-order valence-electron chi connectivity index (χ3n) is 3.09. The van der Waals surface area contributed by atoms with Crippen LogP contribution in [-0.4, -0.2) is 11.5 Å². The molecule has 1 atom stereocenters. The van der Waals surface area contributed by atoms with Gasteiger partial charge in [0.15, 0.2) is 0 Å². The molecule has 1 aromatic heterocycles. The molecule has 0 aliphatic heterocycles. The number of nitrogens with zero attached hydrogens (tertiary/aromatic N) is 1. The van der Waals surface area contributed by atoms with Crippen molar-refractivity contribution in [2.24, 2.45) is 5.73 Å². The van der Waals surface area contributed by atoms with Gasteiger partial charge in [0, 0.05) is 10.8 Å². The van der Waals surface area contributed by atoms with Crippen LogP contribution in [0.1, 0.15) is 60.5 Å². The Morgan fingerprint density at radius 3 is 3.00 bits per heavy atom. The van der Waals surface area contributed by atoms with Crippen molar-refractivity contribution in [3.8, 4) is 0 Å². The summed E-state index contributed by atoms with van der Waals surface area (Å²) in [6, 6.07) is 0. The van der Waals surface area contributed by atoms with Crippen LogP contribution >= 0.6 is 11.3 Å². The van der Waals surface area contributed by atoms with E-state index in [4.69, 9.17) is 10.7 Å². The zero-order chi connectivity index (χ0) is 10.8. The Hall–Kier alpha value is -0.410. The Morgan fingerprint density at radius 1 is 1.53 bits per heavy atom. The molecule has 2 N–H and O–H groups in total. The molecule has 15 heavy (non-hydrogen) atoms. The predicted octanol–water partition coefficient (Wildman–Crippen LogP) is 3.04. The molecule has 2 rings (SSSR count). The molecule has 1 aliphatic rings. The summed E-state index contributed by atoms with van der Waals surface area (Å²) in [7, 11) is 0. The van der Waals surface area contributed by atoms with Crippen molar-refractivity contribution in [3.63, 3.8) is 0 Å². The number of hydrogen-bond donors (Lipinski definition) is 1. The highest BCUT2D eigenvalue weighted by Gasteiger charge is 2.24. The van der Waals surface area contributed by atoms with Crippen molar-refractivity contribution in [2.75, 3.05) is 6.54 Å². The molecule has 1 unspecified atom stereocenters. The number of rotatable bonds is 3. The molecule has 1 heterocycles. The average molecular weight is 224 g/mol. The summed E-state index contributed by atoms with van der Waals surface area (Å²) in [5, 5.41) is 1.31. The minimum Gasteiger partial charge on any atom is -0.330 e. The Labute approximate surface area is 95.9 Å². The first kappa shape index (κ1) is 11.1. The monoisotopic (exact) mass is 224 g/mol. The van der Waals surface area contributed by atoms with Crippen molar-refractivity contribution in [3.05, 3.63) is 15.6 Å². The quantitative estimate of drug-likeness (QED) is 0.857. The third-order valence-corrected chi connectivity index (χ3v) is 4.65. The Balaban J connectivity index is 2.26. The molecule has 0 radical (unpaired) electrons. The van der Waals surface area contributed by atoms with E-state index in [0.717, 1.165) is 13.0 Å². The van der Waals surface area contributed by atoms with Crippen LogP contribution in [0.2, 0.25) is 0 Å². The van der Waals surface area contributed by atoms with Crippen LogP contribution < -0.4 is 5.73 Å². The fourth-order valence-electron chi connectivity index (χ4n) is 2.25. The van der Waals surface area contributed by atoms with E-state index in [1.54, 1.807) is 0 Å². The second kappa shape index (κ2) is 4.62. The standard InChI is InChI=1S/C12H20N2S/c1-8(2)12-14-10-5-3-4-9(6-7-13)11(10)15-12/h8-9H,3-7,13H2,1-2H3. The van der Waals surface area contributed by atoms with Gasteiger partial charge in [-0.05, 0) is 38.1 Å². The Kier molecular flexibility index (Phi) is 3.42. The zero-order valence-corrected chi connectivity index (χ0v) is 10.4. The van der Waals surface area contributed by atoms with Gasteiger partial charge < -0.3 is 5.73 Å². The van der Waals surface area contributed by atoms with E-state index in [1.807, 2.05) is 11.3 Å². The van der Waals surface area contributed by atoms with Crippen LogP contribution in [0.4, 0.5) is 0 Å². The van der Waals surface area contributed by atoms with Gasteiger partial charge in [0.2, 0.25) is 0 Å². The number of hydrogen-bond acceptors (Lipinski definition) is 3. The molecule has 0 aromatic carbocycles. The van der Waals surface area contributed by atoms with Crippen LogP contribution in [0.5, 0.6) is 0 Å². The van der Waals surface area contributed by atoms with E-state index >= 15 is 0 Å². The molecule has 0 saturated heterocycles. The summed E-state index contributed by atoms with van der Waals surface area (Å²) in [6.45, 7) is 5.25. The summed E-state index contributed by atoms with van der Waals surface area (Å²) in [5.41, 5.74) is 7.04. The Bertz CT molecular complexity index is 330. The number of fused-ring (bicyclic) bond motifs is 1. The maximum atomic E-state index is 5.67.